The average Bonchev–Trinajstić information content (AvgIpc) is 2.52. The fraction of sp³-hybridized carbons (Fsp3) is 0.133. The summed E-state index contributed by atoms with van der Waals surface area (Å²) in [5.41, 5.74) is 3.99. The highest BCUT2D eigenvalue weighted by Gasteiger charge is 2.02. The lowest BCUT2D eigenvalue weighted by Crippen LogP contribution is -2.25. The topological polar surface area (TPSA) is 63.6 Å². The Hall–Kier alpha value is -2.69. The molecule has 0 spiro atoms. The minimum atomic E-state index is -0.308. The van der Waals surface area contributed by atoms with Crippen molar-refractivity contribution < 1.29 is 9.53 Å². The van der Waals surface area contributed by atoms with Crippen LogP contribution in [0.15, 0.2) is 60.0 Å². The van der Waals surface area contributed by atoms with Crippen LogP contribution in [0.5, 0.6) is 5.75 Å². The number of rotatable bonds is 5. The summed E-state index contributed by atoms with van der Waals surface area (Å²) >= 11 is 0. The summed E-state index contributed by atoms with van der Waals surface area (Å²) < 4.78 is 5.31. The highest BCUT2D eigenvalue weighted by Crippen LogP contribution is 2.07. The minimum absolute atomic E-state index is 0.0756. The first kappa shape index (κ1) is 13.7. The minimum Gasteiger partial charge on any atom is -0.484 e. The molecule has 0 radical (unpaired) electrons. The van der Waals surface area contributed by atoms with Gasteiger partial charge in [0.1, 0.15) is 5.75 Å². The van der Waals surface area contributed by atoms with Gasteiger partial charge in [0.05, 0.1) is 5.71 Å². The van der Waals surface area contributed by atoms with Crippen molar-refractivity contribution in [3.63, 3.8) is 0 Å². The van der Waals surface area contributed by atoms with Gasteiger partial charge < -0.3 is 4.74 Å². The predicted octanol–water partition coefficient (Wildman–Crippen LogP) is 2.00. The summed E-state index contributed by atoms with van der Waals surface area (Å²) in [5, 5.41) is 4.00. The van der Waals surface area contributed by atoms with E-state index in [1.54, 1.807) is 31.5 Å². The second-order valence-corrected chi connectivity index (χ2v) is 4.08. The van der Waals surface area contributed by atoms with E-state index in [0.717, 1.165) is 5.56 Å². The lowest BCUT2D eigenvalue weighted by molar-refractivity contribution is -0.123. The van der Waals surface area contributed by atoms with Crippen LogP contribution in [0.1, 0.15) is 12.5 Å². The van der Waals surface area contributed by atoms with Crippen LogP contribution in [0.3, 0.4) is 0 Å². The molecule has 20 heavy (non-hydrogen) atoms. The molecule has 0 bridgehead atoms. The van der Waals surface area contributed by atoms with Crippen molar-refractivity contribution in [1.29, 1.82) is 0 Å². The molecule has 1 amide bonds. The molecule has 0 saturated heterocycles. The van der Waals surface area contributed by atoms with Crippen LogP contribution in [0.25, 0.3) is 0 Å². The van der Waals surface area contributed by atoms with Crippen molar-refractivity contribution in [2.45, 2.75) is 6.92 Å². The number of para-hydroxylation sites is 1. The molecule has 5 heteroatoms. The lowest BCUT2D eigenvalue weighted by atomic mass is 10.2. The number of benzene rings is 1. The van der Waals surface area contributed by atoms with Crippen LogP contribution >= 0.6 is 0 Å². The molecular weight excluding hydrogens is 254 g/mol. The van der Waals surface area contributed by atoms with Gasteiger partial charge in [-0.15, -0.1) is 0 Å². The molecule has 0 aliphatic rings. The first-order valence-corrected chi connectivity index (χ1v) is 6.17. The molecule has 0 aliphatic heterocycles. The van der Waals surface area contributed by atoms with Gasteiger partial charge in [-0.05, 0) is 25.1 Å². The van der Waals surface area contributed by atoms with E-state index in [9.17, 15) is 4.79 Å². The molecule has 2 aromatic rings. The Morgan fingerprint density at radius 3 is 2.75 bits per heavy atom. The number of hydrogen-bond acceptors (Lipinski definition) is 4. The van der Waals surface area contributed by atoms with Gasteiger partial charge in [-0.2, -0.15) is 5.10 Å². The average molecular weight is 269 g/mol. The number of hydrogen-bond donors (Lipinski definition) is 1. The second kappa shape index (κ2) is 7.04. The Kier molecular flexibility index (Phi) is 4.83. The van der Waals surface area contributed by atoms with E-state index in [0.29, 0.717) is 11.5 Å². The third kappa shape index (κ3) is 4.20. The van der Waals surface area contributed by atoms with Gasteiger partial charge in [0.15, 0.2) is 6.61 Å². The van der Waals surface area contributed by atoms with Gasteiger partial charge in [0, 0.05) is 18.0 Å². The number of ether oxygens (including phenoxy) is 1. The molecular formula is C15H15N3O2. The summed E-state index contributed by atoms with van der Waals surface area (Å²) in [6.45, 7) is 1.73. The first-order valence-electron chi connectivity index (χ1n) is 6.17. The highest BCUT2D eigenvalue weighted by atomic mass is 16.5. The van der Waals surface area contributed by atoms with Crippen LogP contribution in [-0.2, 0) is 4.79 Å². The van der Waals surface area contributed by atoms with Gasteiger partial charge in [-0.25, -0.2) is 5.43 Å². The number of pyridine rings is 1. The van der Waals surface area contributed by atoms with E-state index >= 15 is 0 Å². The summed E-state index contributed by atoms with van der Waals surface area (Å²) in [4.78, 5) is 15.6. The quantitative estimate of drug-likeness (QED) is 0.667. The number of amides is 1. The maximum atomic E-state index is 11.6. The van der Waals surface area contributed by atoms with Gasteiger partial charge in [0.25, 0.3) is 5.91 Å². The lowest BCUT2D eigenvalue weighted by Gasteiger charge is -2.05. The van der Waals surface area contributed by atoms with E-state index in [-0.39, 0.29) is 12.5 Å². The molecule has 5 nitrogen and oxygen atoms in total. The monoisotopic (exact) mass is 269 g/mol. The van der Waals surface area contributed by atoms with E-state index in [2.05, 4.69) is 15.5 Å². The van der Waals surface area contributed by atoms with Crippen molar-refractivity contribution in [3.8, 4) is 5.75 Å². The molecule has 0 fully saturated rings. The van der Waals surface area contributed by atoms with E-state index in [1.165, 1.54) is 0 Å². The largest absolute Gasteiger partial charge is 0.484 e. The molecule has 1 N–H and O–H groups in total. The molecule has 0 atom stereocenters. The fourth-order valence-electron chi connectivity index (χ4n) is 1.49. The zero-order valence-corrected chi connectivity index (χ0v) is 11.1. The third-order valence-corrected chi connectivity index (χ3v) is 2.54. The summed E-state index contributed by atoms with van der Waals surface area (Å²) in [5.74, 6) is 0.340. The fourth-order valence-corrected chi connectivity index (χ4v) is 1.49. The van der Waals surface area contributed by atoms with Gasteiger partial charge in [0.2, 0.25) is 0 Å². The molecule has 102 valence electrons. The zero-order valence-electron chi connectivity index (χ0n) is 11.1. The van der Waals surface area contributed by atoms with Crippen LogP contribution in [-0.4, -0.2) is 23.2 Å². The maximum absolute atomic E-state index is 11.6. The number of nitrogens with one attached hydrogen (secondary N) is 1. The van der Waals surface area contributed by atoms with Crippen molar-refractivity contribution in [2.75, 3.05) is 6.61 Å². The van der Waals surface area contributed by atoms with Gasteiger partial charge in [-0.3, -0.25) is 9.78 Å². The number of aromatic nitrogens is 1. The summed E-state index contributed by atoms with van der Waals surface area (Å²) in [6, 6.07) is 12.8. The summed E-state index contributed by atoms with van der Waals surface area (Å²) in [6.07, 6.45) is 3.37. The Morgan fingerprint density at radius 2 is 2.05 bits per heavy atom. The van der Waals surface area contributed by atoms with E-state index < -0.39 is 0 Å². The number of carbonyl (C=O) groups is 1. The predicted molar refractivity (Wildman–Crippen MR) is 76.5 cm³/mol. The Balaban J connectivity index is 1.83. The van der Waals surface area contributed by atoms with E-state index in [4.69, 9.17) is 4.74 Å². The SMILES string of the molecule is CC(=NNC(=O)COc1ccccc1)c1cccnc1. The molecule has 0 aliphatic carbocycles. The number of nitrogens with zero attached hydrogens (tertiary/aromatic N) is 2. The first-order chi connectivity index (χ1) is 9.75. The number of carbonyl (C=O) groups excluding carboxylic acids is 1. The standard InChI is InChI=1S/C15H15N3O2/c1-12(13-6-5-9-16-10-13)17-18-15(19)11-20-14-7-3-2-4-8-14/h2-10H,11H2,1H3,(H,18,19). The summed E-state index contributed by atoms with van der Waals surface area (Å²) in [7, 11) is 0. The van der Waals surface area contributed by atoms with Crippen molar-refractivity contribution in [1.82, 2.24) is 10.4 Å². The van der Waals surface area contributed by atoms with Crippen molar-refractivity contribution in [3.05, 3.63) is 60.4 Å². The van der Waals surface area contributed by atoms with Crippen molar-refractivity contribution in [2.24, 2.45) is 5.10 Å². The molecule has 0 unspecified atom stereocenters. The van der Waals surface area contributed by atoms with Crippen LogP contribution in [0.2, 0.25) is 0 Å². The van der Waals surface area contributed by atoms with Gasteiger partial charge >= 0.3 is 0 Å². The normalized spacial score (nSPS) is 10.9. The second-order valence-electron chi connectivity index (χ2n) is 4.08. The Bertz CT molecular complexity index is 583. The molecule has 1 aromatic carbocycles. The highest BCUT2D eigenvalue weighted by molar-refractivity contribution is 5.98. The number of hydrazone groups is 1. The zero-order chi connectivity index (χ0) is 14.2. The van der Waals surface area contributed by atoms with Crippen molar-refractivity contribution >= 4 is 11.6 Å². The maximum Gasteiger partial charge on any atom is 0.277 e. The Labute approximate surface area is 117 Å². The van der Waals surface area contributed by atoms with Crippen LogP contribution in [0.4, 0.5) is 0 Å². The molecule has 0 saturated carbocycles. The molecule has 1 heterocycles. The third-order valence-electron chi connectivity index (χ3n) is 2.54. The van der Waals surface area contributed by atoms with E-state index in [1.807, 2.05) is 30.3 Å². The van der Waals surface area contributed by atoms with Gasteiger partial charge in [-0.1, -0.05) is 24.3 Å². The molecule has 1 aromatic heterocycles. The molecule has 2 rings (SSSR count). The Morgan fingerprint density at radius 1 is 1.25 bits per heavy atom. The van der Waals surface area contributed by atoms with Crippen LogP contribution in [0, 0.1) is 0 Å². The smallest absolute Gasteiger partial charge is 0.277 e. The van der Waals surface area contributed by atoms with Crippen LogP contribution < -0.4 is 10.2 Å².